The zero-order chi connectivity index (χ0) is 12.1. The highest BCUT2D eigenvalue weighted by Gasteiger charge is 2.17. The highest BCUT2D eigenvalue weighted by atomic mass is 16.7. The second kappa shape index (κ2) is 5.55. The minimum atomic E-state index is -0.503. The first-order valence-corrected chi connectivity index (χ1v) is 5.32. The van der Waals surface area contributed by atoms with Crippen LogP contribution in [-0.4, -0.2) is 29.7 Å². The monoisotopic (exact) mass is 239 g/mol. The van der Waals surface area contributed by atoms with Gasteiger partial charge < -0.3 is 4.74 Å². The van der Waals surface area contributed by atoms with E-state index in [1.165, 1.54) is 18.3 Å². The molecule has 1 N–H and O–H groups in total. The lowest BCUT2D eigenvalue weighted by Gasteiger charge is -2.09. The lowest BCUT2D eigenvalue weighted by Crippen LogP contribution is -2.14. The molecule has 2 rings (SSSR count). The van der Waals surface area contributed by atoms with Gasteiger partial charge in [0.15, 0.2) is 0 Å². The second-order valence-electron chi connectivity index (χ2n) is 3.77. The molecule has 17 heavy (non-hydrogen) atoms. The number of aromatic nitrogens is 1. The standard InChI is InChI=1S/C10H13N3O4/c14-13(15)9-2-1-4-11-10(9)12-17-7-8-3-5-16-6-8/h1-2,4,8H,3,5-7H2,(H,11,12). The van der Waals surface area contributed by atoms with Crippen molar-refractivity contribution in [2.24, 2.45) is 5.92 Å². The van der Waals surface area contributed by atoms with Gasteiger partial charge in [-0.15, -0.1) is 0 Å². The maximum atomic E-state index is 10.7. The molecule has 1 saturated heterocycles. The number of nitrogens with one attached hydrogen (secondary N) is 1. The van der Waals surface area contributed by atoms with Crippen LogP contribution in [0.25, 0.3) is 0 Å². The van der Waals surface area contributed by atoms with Crippen LogP contribution in [-0.2, 0) is 9.57 Å². The van der Waals surface area contributed by atoms with Gasteiger partial charge in [0.1, 0.15) is 0 Å². The molecule has 92 valence electrons. The summed E-state index contributed by atoms with van der Waals surface area (Å²) in [4.78, 5) is 19.2. The number of hydrogen-bond donors (Lipinski definition) is 1. The van der Waals surface area contributed by atoms with Crippen molar-refractivity contribution in [3.05, 3.63) is 28.4 Å². The fraction of sp³-hybridized carbons (Fsp3) is 0.500. The molecule has 1 aliphatic rings. The topological polar surface area (TPSA) is 86.5 Å². The first kappa shape index (κ1) is 11.7. The van der Waals surface area contributed by atoms with Crippen LogP contribution in [0.3, 0.4) is 0 Å². The summed E-state index contributed by atoms with van der Waals surface area (Å²) in [5.41, 5.74) is 2.41. The summed E-state index contributed by atoms with van der Waals surface area (Å²) in [5, 5.41) is 10.7. The third kappa shape index (κ3) is 3.11. The molecule has 7 nitrogen and oxygen atoms in total. The molecule has 1 aromatic rings. The summed E-state index contributed by atoms with van der Waals surface area (Å²) >= 11 is 0. The molecule has 7 heteroatoms. The number of rotatable bonds is 5. The fourth-order valence-electron chi connectivity index (χ4n) is 1.57. The van der Waals surface area contributed by atoms with Crippen molar-refractivity contribution < 1.29 is 14.5 Å². The predicted molar refractivity (Wildman–Crippen MR) is 59.4 cm³/mol. The Morgan fingerprint density at radius 3 is 3.29 bits per heavy atom. The number of anilines is 1. The van der Waals surface area contributed by atoms with Gasteiger partial charge in [0.05, 0.1) is 18.1 Å². The Balaban J connectivity index is 1.87. The Morgan fingerprint density at radius 1 is 1.71 bits per heavy atom. The van der Waals surface area contributed by atoms with Crippen LogP contribution in [0.4, 0.5) is 11.5 Å². The minimum absolute atomic E-state index is 0.102. The maximum absolute atomic E-state index is 10.7. The van der Waals surface area contributed by atoms with Gasteiger partial charge in [-0.2, -0.15) is 0 Å². The highest BCUT2D eigenvalue weighted by molar-refractivity contribution is 5.53. The summed E-state index contributed by atoms with van der Waals surface area (Å²) in [7, 11) is 0. The van der Waals surface area contributed by atoms with Crippen LogP contribution >= 0.6 is 0 Å². The van der Waals surface area contributed by atoms with Crippen molar-refractivity contribution >= 4 is 11.5 Å². The maximum Gasteiger partial charge on any atom is 0.313 e. The number of nitrogens with zero attached hydrogens (tertiary/aromatic N) is 2. The molecular weight excluding hydrogens is 226 g/mol. The van der Waals surface area contributed by atoms with Gasteiger partial charge in [-0.05, 0) is 12.5 Å². The molecule has 2 heterocycles. The Kier molecular flexibility index (Phi) is 3.84. The van der Waals surface area contributed by atoms with E-state index in [-0.39, 0.29) is 11.5 Å². The molecule has 1 unspecified atom stereocenters. The van der Waals surface area contributed by atoms with Gasteiger partial charge in [0.2, 0.25) is 5.82 Å². The van der Waals surface area contributed by atoms with E-state index in [9.17, 15) is 10.1 Å². The molecule has 1 fully saturated rings. The van der Waals surface area contributed by atoms with Crippen molar-refractivity contribution in [3.63, 3.8) is 0 Å². The van der Waals surface area contributed by atoms with Crippen LogP contribution in [0, 0.1) is 16.0 Å². The molecule has 1 aliphatic heterocycles. The van der Waals surface area contributed by atoms with E-state index < -0.39 is 4.92 Å². The van der Waals surface area contributed by atoms with Gasteiger partial charge in [-0.25, -0.2) is 10.5 Å². The predicted octanol–water partition coefficient (Wildman–Crippen LogP) is 1.37. The van der Waals surface area contributed by atoms with E-state index in [2.05, 4.69) is 10.5 Å². The fourth-order valence-corrected chi connectivity index (χ4v) is 1.57. The van der Waals surface area contributed by atoms with Crippen LogP contribution in [0.15, 0.2) is 18.3 Å². The van der Waals surface area contributed by atoms with Crippen LogP contribution in [0.1, 0.15) is 6.42 Å². The smallest absolute Gasteiger partial charge is 0.313 e. The number of ether oxygens (including phenoxy) is 1. The van der Waals surface area contributed by atoms with Gasteiger partial charge in [-0.1, -0.05) is 0 Å². The van der Waals surface area contributed by atoms with E-state index in [1.54, 1.807) is 0 Å². The summed E-state index contributed by atoms with van der Waals surface area (Å²) in [6, 6.07) is 2.88. The van der Waals surface area contributed by atoms with E-state index in [0.717, 1.165) is 13.0 Å². The molecule has 0 radical (unpaired) electrons. The molecule has 0 aromatic carbocycles. The normalized spacial score (nSPS) is 19.2. The number of hydrogen-bond acceptors (Lipinski definition) is 6. The van der Waals surface area contributed by atoms with E-state index >= 15 is 0 Å². The van der Waals surface area contributed by atoms with Crippen LogP contribution in [0.2, 0.25) is 0 Å². The Labute approximate surface area is 97.9 Å². The average molecular weight is 239 g/mol. The summed E-state index contributed by atoms with van der Waals surface area (Å²) < 4.78 is 5.19. The Bertz CT molecular complexity index is 393. The van der Waals surface area contributed by atoms with Crippen molar-refractivity contribution in [1.82, 2.24) is 4.98 Å². The zero-order valence-electron chi connectivity index (χ0n) is 9.17. The quantitative estimate of drug-likeness (QED) is 0.616. The molecule has 1 aromatic heterocycles. The lowest BCUT2D eigenvalue weighted by molar-refractivity contribution is -0.384. The second-order valence-corrected chi connectivity index (χ2v) is 3.77. The van der Waals surface area contributed by atoms with E-state index in [4.69, 9.17) is 9.57 Å². The molecule has 0 bridgehead atoms. The molecule has 0 spiro atoms. The minimum Gasteiger partial charge on any atom is -0.381 e. The first-order valence-electron chi connectivity index (χ1n) is 5.32. The van der Waals surface area contributed by atoms with Gasteiger partial charge in [0.25, 0.3) is 0 Å². The Hall–Kier alpha value is -1.73. The summed E-state index contributed by atoms with van der Waals surface area (Å²) in [6.07, 6.45) is 2.42. The van der Waals surface area contributed by atoms with Crippen molar-refractivity contribution in [1.29, 1.82) is 0 Å². The molecule has 0 saturated carbocycles. The highest BCUT2D eigenvalue weighted by Crippen LogP contribution is 2.20. The number of pyridine rings is 1. The largest absolute Gasteiger partial charge is 0.381 e. The Morgan fingerprint density at radius 2 is 2.59 bits per heavy atom. The first-order chi connectivity index (χ1) is 8.27. The summed E-state index contributed by atoms with van der Waals surface area (Å²) in [5.74, 6) is 0.460. The van der Waals surface area contributed by atoms with E-state index in [0.29, 0.717) is 19.1 Å². The van der Waals surface area contributed by atoms with Crippen molar-refractivity contribution in [2.45, 2.75) is 6.42 Å². The molecule has 0 aliphatic carbocycles. The zero-order valence-corrected chi connectivity index (χ0v) is 9.17. The molecular formula is C10H13N3O4. The summed E-state index contributed by atoms with van der Waals surface area (Å²) in [6.45, 7) is 1.87. The van der Waals surface area contributed by atoms with Crippen LogP contribution < -0.4 is 5.48 Å². The SMILES string of the molecule is O=[N+]([O-])c1cccnc1NOCC1CCOC1. The third-order valence-electron chi connectivity index (χ3n) is 2.49. The van der Waals surface area contributed by atoms with E-state index in [1.807, 2.05) is 0 Å². The molecule has 1 atom stereocenters. The molecule has 0 amide bonds. The average Bonchev–Trinajstić information content (AvgIpc) is 2.82. The van der Waals surface area contributed by atoms with Gasteiger partial charge in [0, 0.05) is 24.8 Å². The van der Waals surface area contributed by atoms with Crippen molar-refractivity contribution in [2.75, 3.05) is 25.3 Å². The van der Waals surface area contributed by atoms with Crippen molar-refractivity contribution in [3.8, 4) is 0 Å². The van der Waals surface area contributed by atoms with Gasteiger partial charge >= 0.3 is 5.69 Å². The third-order valence-corrected chi connectivity index (χ3v) is 2.49. The van der Waals surface area contributed by atoms with Crippen LogP contribution in [0.5, 0.6) is 0 Å². The van der Waals surface area contributed by atoms with Gasteiger partial charge in [-0.3, -0.25) is 15.0 Å². The number of nitro groups is 1. The lowest BCUT2D eigenvalue weighted by atomic mass is 10.1.